The number of carbonyl (C=O) groups excluding carboxylic acids is 1. The Morgan fingerprint density at radius 2 is 2.22 bits per heavy atom. The van der Waals surface area contributed by atoms with Crippen LogP contribution in [0.1, 0.15) is 23.8 Å². The number of amides is 1. The highest BCUT2D eigenvalue weighted by atomic mass is 32.1. The van der Waals surface area contributed by atoms with E-state index in [-0.39, 0.29) is 0 Å². The highest BCUT2D eigenvalue weighted by Gasteiger charge is 2.45. The molecule has 1 atom stereocenters. The SMILES string of the molecule is CC12CCc3c(sc4ccccc34)C1=NC(=O)O2. The van der Waals surface area contributed by atoms with Gasteiger partial charge in [0.25, 0.3) is 0 Å². The Balaban J connectivity index is 2.04. The summed E-state index contributed by atoms with van der Waals surface area (Å²) in [5.41, 5.74) is 1.64. The topological polar surface area (TPSA) is 38.7 Å². The number of nitrogens with zero attached hydrogens (tertiary/aromatic N) is 1. The van der Waals surface area contributed by atoms with Crippen molar-refractivity contribution in [2.24, 2.45) is 4.99 Å². The molecule has 1 unspecified atom stereocenters. The molecule has 0 fully saturated rings. The summed E-state index contributed by atoms with van der Waals surface area (Å²) in [4.78, 5) is 16.7. The molecule has 0 saturated heterocycles. The molecule has 1 aliphatic carbocycles. The summed E-state index contributed by atoms with van der Waals surface area (Å²) in [7, 11) is 0. The molecular formula is C14H11NO2S. The van der Waals surface area contributed by atoms with Gasteiger partial charge in [0.05, 0.1) is 4.88 Å². The predicted molar refractivity (Wildman–Crippen MR) is 71.6 cm³/mol. The second-order valence-corrected chi connectivity index (χ2v) is 6.02. The normalized spacial score (nSPS) is 25.6. The van der Waals surface area contributed by atoms with Gasteiger partial charge in [-0.3, -0.25) is 0 Å². The summed E-state index contributed by atoms with van der Waals surface area (Å²) < 4.78 is 6.63. The zero-order valence-electron chi connectivity index (χ0n) is 9.90. The van der Waals surface area contributed by atoms with Crippen LogP contribution in [0.5, 0.6) is 0 Å². The number of aliphatic imine (C=N–C) groups is 1. The third-order valence-corrected chi connectivity index (χ3v) is 5.00. The highest BCUT2D eigenvalue weighted by Crippen LogP contribution is 2.43. The molecule has 90 valence electrons. The van der Waals surface area contributed by atoms with Crippen LogP contribution in [0, 0.1) is 0 Å². The largest absolute Gasteiger partial charge is 0.435 e. The van der Waals surface area contributed by atoms with Crippen LogP contribution in [-0.2, 0) is 11.2 Å². The fraction of sp³-hybridized carbons (Fsp3) is 0.286. The Morgan fingerprint density at radius 3 is 3.11 bits per heavy atom. The first-order valence-corrected chi connectivity index (χ1v) is 6.82. The number of rotatable bonds is 0. The minimum atomic E-state index is -0.509. The Hall–Kier alpha value is -1.68. The van der Waals surface area contributed by atoms with Gasteiger partial charge in [-0.25, -0.2) is 4.79 Å². The van der Waals surface area contributed by atoms with E-state index in [0.29, 0.717) is 0 Å². The van der Waals surface area contributed by atoms with Gasteiger partial charge in [-0.2, -0.15) is 4.99 Å². The Bertz CT molecular complexity index is 716. The first-order chi connectivity index (χ1) is 8.67. The number of ether oxygens (including phenoxy) is 1. The average Bonchev–Trinajstić information content (AvgIpc) is 2.85. The molecule has 0 bridgehead atoms. The van der Waals surface area contributed by atoms with E-state index in [1.165, 1.54) is 15.6 Å². The van der Waals surface area contributed by atoms with Gasteiger partial charge < -0.3 is 4.74 Å². The van der Waals surface area contributed by atoms with Crippen molar-refractivity contribution in [2.75, 3.05) is 0 Å². The molecule has 18 heavy (non-hydrogen) atoms. The smallest absolute Gasteiger partial charge is 0.434 e. The Morgan fingerprint density at radius 1 is 1.39 bits per heavy atom. The van der Waals surface area contributed by atoms with E-state index in [2.05, 4.69) is 23.2 Å². The van der Waals surface area contributed by atoms with Crippen molar-refractivity contribution < 1.29 is 9.53 Å². The first kappa shape index (κ1) is 10.3. The molecule has 3 nitrogen and oxygen atoms in total. The first-order valence-electron chi connectivity index (χ1n) is 6.00. The fourth-order valence-electron chi connectivity index (χ4n) is 2.84. The van der Waals surface area contributed by atoms with Gasteiger partial charge in [-0.15, -0.1) is 11.3 Å². The number of carbonyl (C=O) groups is 1. The fourth-order valence-corrected chi connectivity index (χ4v) is 4.20. The monoisotopic (exact) mass is 257 g/mol. The van der Waals surface area contributed by atoms with Crippen LogP contribution in [0.2, 0.25) is 0 Å². The van der Waals surface area contributed by atoms with Gasteiger partial charge in [0, 0.05) is 4.70 Å². The summed E-state index contributed by atoms with van der Waals surface area (Å²) in [6, 6.07) is 8.36. The summed E-state index contributed by atoms with van der Waals surface area (Å²) in [6.07, 6.45) is 1.32. The molecule has 2 heterocycles. The molecule has 2 aromatic rings. The minimum Gasteiger partial charge on any atom is -0.435 e. The van der Waals surface area contributed by atoms with E-state index < -0.39 is 11.7 Å². The van der Waals surface area contributed by atoms with Crippen LogP contribution in [-0.4, -0.2) is 17.4 Å². The van der Waals surface area contributed by atoms with E-state index in [4.69, 9.17) is 4.74 Å². The maximum absolute atomic E-state index is 11.4. The number of aryl methyl sites for hydroxylation is 1. The lowest BCUT2D eigenvalue weighted by Gasteiger charge is -2.28. The van der Waals surface area contributed by atoms with Crippen LogP contribution in [0.25, 0.3) is 10.1 Å². The molecule has 2 aliphatic rings. The van der Waals surface area contributed by atoms with Crippen LogP contribution in [0.15, 0.2) is 29.3 Å². The van der Waals surface area contributed by atoms with Crippen molar-refractivity contribution in [2.45, 2.75) is 25.4 Å². The minimum absolute atomic E-state index is 0.446. The quantitative estimate of drug-likeness (QED) is 0.724. The van der Waals surface area contributed by atoms with Gasteiger partial charge in [-0.1, -0.05) is 18.2 Å². The van der Waals surface area contributed by atoms with Crippen LogP contribution in [0.4, 0.5) is 4.79 Å². The van der Waals surface area contributed by atoms with E-state index in [1.54, 1.807) is 11.3 Å². The average molecular weight is 257 g/mol. The Kier molecular flexibility index (Phi) is 1.83. The molecule has 1 aromatic carbocycles. The van der Waals surface area contributed by atoms with Gasteiger partial charge in [-0.05, 0) is 36.8 Å². The maximum atomic E-state index is 11.4. The van der Waals surface area contributed by atoms with Crippen LogP contribution >= 0.6 is 11.3 Å². The van der Waals surface area contributed by atoms with Crippen LogP contribution < -0.4 is 0 Å². The lowest BCUT2D eigenvalue weighted by atomic mass is 9.83. The molecule has 0 saturated carbocycles. The van der Waals surface area contributed by atoms with Crippen molar-refractivity contribution in [3.05, 3.63) is 34.7 Å². The van der Waals surface area contributed by atoms with E-state index in [0.717, 1.165) is 23.4 Å². The van der Waals surface area contributed by atoms with E-state index in [9.17, 15) is 4.79 Å². The lowest BCUT2D eigenvalue weighted by molar-refractivity contribution is 0.0875. The summed E-state index contributed by atoms with van der Waals surface area (Å²) in [5.74, 6) is 0. The van der Waals surface area contributed by atoms with Gasteiger partial charge >= 0.3 is 6.09 Å². The predicted octanol–water partition coefficient (Wildman–Crippen LogP) is 3.55. The van der Waals surface area contributed by atoms with Crippen molar-refractivity contribution >= 4 is 33.2 Å². The van der Waals surface area contributed by atoms with E-state index >= 15 is 0 Å². The second-order valence-electron chi connectivity index (χ2n) is 4.97. The molecule has 0 spiro atoms. The number of hydrogen-bond acceptors (Lipinski definition) is 3. The van der Waals surface area contributed by atoms with Gasteiger partial charge in [0.2, 0.25) is 0 Å². The second kappa shape index (κ2) is 3.20. The van der Waals surface area contributed by atoms with Crippen molar-refractivity contribution in [1.82, 2.24) is 0 Å². The lowest BCUT2D eigenvalue weighted by Crippen LogP contribution is -2.38. The molecule has 1 amide bonds. The molecule has 1 aliphatic heterocycles. The van der Waals surface area contributed by atoms with Gasteiger partial charge in [0.1, 0.15) is 5.71 Å². The zero-order valence-corrected chi connectivity index (χ0v) is 10.7. The molecule has 4 rings (SSSR count). The van der Waals surface area contributed by atoms with Crippen molar-refractivity contribution in [3.8, 4) is 0 Å². The maximum Gasteiger partial charge on any atom is 0.434 e. The van der Waals surface area contributed by atoms with Crippen molar-refractivity contribution in [3.63, 3.8) is 0 Å². The van der Waals surface area contributed by atoms with Crippen molar-refractivity contribution in [1.29, 1.82) is 0 Å². The third-order valence-electron chi connectivity index (χ3n) is 3.78. The summed E-state index contributed by atoms with van der Waals surface area (Å²) >= 11 is 1.71. The third kappa shape index (κ3) is 1.18. The van der Waals surface area contributed by atoms with Crippen LogP contribution in [0.3, 0.4) is 0 Å². The molecule has 4 heteroatoms. The summed E-state index contributed by atoms with van der Waals surface area (Å²) in [6.45, 7) is 1.96. The molecular weight excluding hydrogens is 246 g/mol. The number of benzene rings is 1. The zero-order chi connectivity index (χ0) is 12.3. The highest BCUT2D eigenvalue weighted by molar-refractivity contribution is 7.21. The van der Waals surface area contributed by atoms with Gasteiger partial charge in [0.15, 0.2) is 5.60 Å². The standard InChI is InChI=1S/C14H11NO2S/c1-14-7-6-9-8-4-2-3-5-10(8)18-11(9)12(14)15-13(16)17-14/h2-5H,6-7H2,1H3. The Labute approximate surface area is 108 Å². The molecule has 0 radical (unpaired) electrons. The van der Waals surface area contributed by atoms with E-state index in [1.807, 2.05) is 13.0 Å². The molecule has 1 aromatic heterocycles. The number of fused-ring (bicyclic) bond motifs is 5. The number of thiophene rings is 1. The number of hydrogen-bond donors (Lipinski definition) is 0. The molecule has 0 N–H and O–H groups in total. The summed E-state index contributed by atoms with van der Waals surface area (Å²) in [5, 5.41) is 1.29.